The van der Waals surface area contributed by atoms with Crippen LogP contribution in [0, 0.1) is 0 Å². The molecule has 0 radical (unpaired) electrons. The van der Waals surface area contributed by atoms with Gasteiger partial charge in [0.2, 0.25) is 5.91 Å². The van der Waals surface area contributed by atoms with E-state index in [1.165, 1.54) is 6.92 Å². The van der Waals surface area contributed by atoms with Crippen LogP contribution in [-0.2, 0) is 9.53 Å². The van der Waals surface area contributed by atoms with Gasteiger partial charge in [-0.15, -0.1) is 0 Å². The lowest BCUT2D eigenvalue weighted by Gasteiger charge is -2.32. The summed E-state index contributed by atoms with van der Waals surface area (Å²) >= 11 is 0. The zero-order chi connectivity index (χ0) is 24.1. The van der Waals surface area contributed by atoms with E-state index in [1.54, 1.807) is 4.90 Å². The Kier molecular flexibility index (Phi) is 7.82. The lowest BCUT2D eigenvalue weighted by Crippen LogP contribution is -2.44. The molecule has 0 aliphatic carbocycles. The number of hydrogen-bond acceptors (Lipinski definition) is 6. The van der Waals surface area contributed by atoms with Crippen molar-refractivity contribution in [3.63, 3.8) is 0 Å². The Bertz CT molecular complexity index is 971. The van der Waals surface area contributed by atoms with Crippen LogP contribution < -0.4 is 10.2 Å². The van der Waals surface area contributed by atoms with Crippen molar-refractivity contribution in [2.45, 2.75) is 25.6 Å². The molecule has 0 aromatic heterocycles. The highest BCUT2D eigenvalue weighted by molar-refractivity contribution is 5.90. The van der Waals surface area contributed by atoms with Crippen molar-refractivity contribution in [1.29, 1.82) is 0 Å². The van der Waals surface area contributed by atoms with Gasteiger partial charge in [-0.2, -0.15) is 0 Å². The highest BCUT2D eigenvalue weighted by atomic mass is 16.6. The van der Waals surface area contributed by atoms with E-state index in [0.29, 0.717) is 13.1 Å². The fourth-order valence-corrected chi connectivity index (χ4v) is 4.37. The number of piperazine rings is 1. The Labute approximate surface area is 201 Å². The molecule has 0 bridgehead atoms. The number of carbonyl (C=O) groups is 2. The second-order valence-electron chi connectivity index (χ2n) is 9.17. The highest BCUT2D eigenvalue weighted by Gasteiger charge is 2.32. The molecule has 2 amide bonds. The summed E-state index contributed by atoms with van der Waals surface area (Å²) in [7, 11) is 2.15. The van der Waals surface area contributed by atoms with Crippen LogP contribution >= 0.6 is 0 Å². The normalized spacial score (nSPS) is 20.3. The van der Waals surface area contributed by atoms with E-state index in [2.05, 4.69) is 22.2 Å². The van der Waals surface area contributed by atoms with E-state index >= 15 is 0 Å². The zero-order valence-electron chi connectivity index (χ0n) is 19.9. The molecule has 34 heavy (non-hydrogen) atoms. The summed E-state index contributed by atoms with van der Waals surface area (Å²) in [6.45, 7) is 7.34. The number of aliphatic hydroxyl groups excluding tert-OH is 1. The average molecular weight is 467 g/mol. The van der Waals surface area contributed by atoms with Gasteiger partial charge in [-0.05, 0) is 42.3 Å². The summed E-state index contributed by atoms with van der Waals surface area (Å²) in [5.74, 6) is -0.146. The second-order valence-corrected chi connectivity index (χ2v) is 9.17. The number of hydrogen-bond donors (Lipinski definition) is 2. The van der Waals surface area contributed by atoms with Gasteiger partial charge in [-0.25, -0.2) is 4.79 Å². The first-order chi connectivity index (χ1) is 16.4. The lowest BCUT2D eigenvalue weighted by atomic mass is 10.00. The monoisotopic (exact) mass is 466 g/mol. The number of carbonyl (C=O) groups excluding carboxylic acids is 2. The maximum atomic E-state index is 12.2. The first-order valence-corrected chi connectivity index (χ1v) is 11.9. The minimum absolute atomic E-state index is 0.146. The van der Waals surface area contributed by atoms with Crippen molar-refractivity contribution in [1.82, 2.24) is 15.1 Å². The van der Waals surface area contributed by atoms with E-state index < -0.39 is 12.2 Å². The van der Waals surface area contributed by atoms with E-state index in [-0.39, 0.29) is 12.0 Å². The standard InChI is InChI=1S/C26H34N4O4/c1-19(31)27-17-24-18-30(26(33)34-24)23-9-7-21(8-10-23)20-3-5-22(6-4-20)25(32)11-12-29-15-13-28(2)14-16-29/h3-10,24-25,32H,11-18H2,1-2H3,(H,27,31)/t24-,25?/m0/s1. The quantitative estimate of drug-likeness (QED) is 0.622. The lowest BCUT2D eigenvalue weighted by molar-refractivity contribution is -0.119. The number of likely N-dealkylation sites (N-methyl/N-ethyl adjacent to an activating group) is 1. The van der Waals surface area contributed by atoms with E-state index in [4.69, 9.17) is 4.74 Å². The number of aliphatic hydroxyl groups is 1. The number of amides is 2. The van der Waals surface area contributed by atoms with Crippen molar-refractivity contribution in [3.05, 3.63) is 54.1 Å². The van der Waals surface area contributed by atoms with Crippen LogP contribution in [-0.4, -0.2) is 85.9 Å². The Morgan fingerprint density at radius 1 is 1.06 bits per heavy atom. The highest BCUT2D eigenvalue weighted by Crippen LogP contribution is 2.27. The molecule has 4 rings (SSSR count). The van der Waals surface area contributed by atoms with E-state index in [0.717, 1.165) is 61.5 Å². The first kappa shape index (κ1) is 24.2. The number of nitrogens with zero attached hydrogens (tertiary/aromatic N) is 3. The van der Waals surface area contributed by atoms with Crippen LogP contribution in [0.1, 0.15) is 25.0 Å². The molecular weight excluding hydrogens is 432 g/mol. The second kappa shape index (κ2) is 11.0. The van der Waals surface area contributed by atoms with Gasteiger partial charge in [0.15, 0.2) is 0 Å². The van der Waals surface area contributed by atoms with E-state index in [1.807, 2.05) is 48.5 Å². The SMILES string of the molecule is CC(=O)NC[C@H]1CN(c2ccc(-c3ccc(C(O)CCN4CCN(C)CC4)cc3)cc2)C(=O)O1. The minimum atomic E-state index is -0.470. The van der Waals surface area contributed by atoms with Crippen molar-refractivity contribution < 1.29 is 19.4 Å². The van der Waals surface area contributed by atoms with Crippen molar-refractivity contribution in [3.8, 4) is 11.1 Å². The summed E-state index contributed by atoms with van der Waals surface area (Å²) in [5, 5.41) is 13.3. The van der Waals surface area contributed by atoms with Crippen LogP contribution in [0.2, 0.25) is 0 Å². The molecular formula is C26H34N4O4. The summed E-state index contributed by atoms with van der Waals surface area (Å²) < 4.78 is 5.34. The number of benzene rings is 2. The van der Waals surface area contributed by atoms with Gasteiger partial charge in [-0.1, -0.05) is 36.4 Å². The predicted molar refractivity (Wildman–Crippen MR) is 132 cm³/mol. The maximum Gasteiger partial charge on any atom is 0.414 e. The van der Waals surface area contributed by atoms with Crippen molar-refractivity contribution in [2.24, 2.45) is 0 Å². The fourth-order valence-electron chi connectivity index (χ4n) is 4.37. The Morgan fingerprint density at radius 3 is 2.29 bits per heavy atom. The molecule has 8 heteroatoms. The molecule has 2 aromatic rings. The Balaban J connectivity index is 1.31. The van der Waals surface area contributed by atoms with Crippen LogP contribution in [0.4, 0.5) is 10.5 Å². The smallest absolute Gasteiger partial charge is 0.414 e. The molecule has 2 fully saturated rings. The third-order valence-corrected chi connectivity index (χ3v) is 6.58. The molecule has 2 aliphatic heterocycles. The average Bonchev–Trinajstić information content (AvgIpc) is 3.23. The summed E-state index contributed by atoms with van der Waals surface area (Å²) in [5.41, 5.74) is 3.77. The maximum absolute atomic E-state index is 12.2. The molecule has 0 saturated carbocycles. The third-order valence-electron chi connectivity index (χ3n) is 6.58. The molecule has 2 heterocycles. The Morgan fingerprint density at radius 2 is 1.68 bits per heavy atom. The predicted octanol–water partition coefficient (Wildman–Crippen LogP) is 2.49. The summed E-state index contributed by atoms with van der Waals surface area (Å²) in [4.78, 5) is 29.6. The van der Waals surface area contributed by atoms with Crippen LogP contribution in [0.5, 0.6) is 0 Å². The van der Waals surface area contributed by atoms with Crippen LogP contribution in [0.25, 0.3) is 11.1 Å². The number of nitrogens with one attached hydrogen (secondary N) is 1. The minimum Gasteiger partial charge on any atom is -0.442 e. The van der Waals surface area contributed by atoms with Crippen molar-refractivity contribution >= 4 is 17.7 Å². The largest absolute Gasteiger partial charge is 0.442 e. The van der Waals surface area contributed by atoms with Gasteiger partial charge in [0.1, 0.15) is 6.10 Å². The third kappa shape index (κ3) is 6.14. The number of ether oxygens (including phenoxy) is 1. The molecule has 182 valence electrons. The topological polar surface area (TPSA) is 85.4 Å². The number of rotatable bonds is 8. The van der Waals surface area contributed by atoms with Gasteiger partial charge < -0.3 is 25.0 Å². The molecule has 2 saturated heterocycles. The molecule has 1 unspecified atom stereocenters. The van der Waals surface area contributed by atoms with Crippen molar-refractivity contribution in [2.75, 3.05) is 57.8 Å². The van der Waals surface area contributed by atoms with Gasteiger partial charge in [0.05, 0.1) is 19.2 Å². The number of anilines is 1. The van der Waals surface area contributed by atoms with Crippen LogP contribution in [0.3, 0.4) is 0 Å². The molecule has 2 N–H and O–H groups in total. The molecule has 2 atom stereocenters. The molecule has 8 nitrogen and oxygen atoms in total. The molecule has 0 spiro atoms. The Hall–Kier alpha value is -2.94. The van der Waals surface area contributed by atoms with Gasteiger partial charge in [-0.3, -0.25) is 9.69 Å². The van der Waals surface area contributed by atoms with Gasteiger partial charge in [0, 0.05) is 45.3 Å². The zero-order valence-corrected chi connectivity index (χ0v) is 19.9. The first-order valence-electron chi connectivity index (χ1n) is 11.9. The summed E-state index contributed by atoms with van der Waals surface area (Å²) in [6.07, 6.45) is -0.501. The summed E-state index contributed by atoms with van der Waals surface area (Å²) in [6, 6.07) is 15.8. The van der Waals surface area contributed by atoms with Gasteiger partial charge in [0.25, 0.3) is 0 Å². The molecule has 2 aliphatic rings. The molecule has 2 aromatic carbocycles. The number of cyclic esters (lactones) is 1. The van der Waals surface area contributed by atoms with Crippen LogP contribution in [0.15, 0.2) is 48.5 Å². The fraction of sp³-hybridized carbons (Fsp3) is 0.462. The van der Waals surface area contributed by atoms with Gasteiger partial charge >= 0.3 is 6.09 Å². The van der Waals surface area contributed by atoms with E-state index in [9.17, 15) is 14.7 Å².